The second kappa shape index (κ2) is 13.3. The number of rotatable bonds is 13. The first kappa shape index (κ1) is 27.5. The van der Waals surface area contributed by atoms with Gasteiger partial charge >= 0.3 is 6.36 Å². The van der Waals surface area contributed by atoms with Crippen LogP contribution in [-0.2, 0) is 28.9 Å². The monoisotopic (exact) mass is 521 g/mol. The number of ether oxygens (including phenoxy) is 2. The van der Waals surface area contributed by atoms with Crippen molar-refractivity contribution in [3.63, 3.8) is 0 Å². The van der Waals surface area contributed by atoms with Crippen LogP contribution in [0.1, 0.15) is 34.6 Å². The van der Waals surface area contributed by atoms with E-state index in [9.17, 15) is 22.8 Å². The number of aromatic nitrogens is 5. The third-order valence-electron chi connectivity index (χ3n) is 4.92. The molecule has 0 radical (unpaired) electrons. The van der Waals surface area contributed by atoms with Gasteiger partial charge in [0.2, 0.25) is 5.91 Å². The van der Waals surface area contributed by atoms with Crippen LogP contribution in [0.4, 0.5) is 19.0 Å². The Bertz CT molecular complexity index is 1170. The smallest absolute Gasteiger partial charge is 0.406 e. The lowest BCUT2D eigenvalue weighted by molar-refractivity contribution is -0.274. The van der Waals surface area contributed by atoms with Crippen LogP contribution in [0, 0.1) is 0 Å². The fourth-order valence-corrected chi connectivity index (χ4v) is 3.23. The number of unbranched alkanes of at least 4 members (excludes halogenated alkanes) is 1. The van der Waals surface area contributed by atoms with E-state index in [0.717, 1.165) is 30.7 Å². The summed E-state index contributed by atoms with van der Waals surface area (Å²) in [6.45, 7) is 1.38. The maximum absolute atomic E-state index is 12.4. The minimum Gasteiger partial charge on any atom is -0.406 e. The molecule has 2 heterocycles. The lowest BCUT2D eigenvalue weighted by Crippen LogP contribution is -2.27. The number of anilines is 1. The largest absolute Gasteiger partial charge is 0.573 e. The number of amides is 2. The molecule has 3 aromatic rings. The molecule has 0 saturated heterocycles. The third kappa shape index (κ3) is 9.83. The predicted octanol–water partition coefficient (Wildman–Crippen LogP) is 2.55. The Morgan fingerprint density at radius 2 is 1.92 bits per heavy atom. The van der Waals surface area contributed by atoms with Gasteiger partial charge in [0.15, 0.2) is 11.5 Å². The van der Waals surface area contributed by atoms with E-state index in [1.54, 1.807) is 30.1 Å². The molecule has 14 heteroatoms. The summed E-state index contributed by atoms with van der Waals surface area (Å²) in [5.74, 6) is -0.925. The Hall–Kier alpha value is -4.07. The van der Waals surface area contributed by atoms with E-state index in [-0.39, 0.29) is 23.8 Å². The number of carbonyl (C=O) groups is 2. The summed E-state index contributed by atoms with van der Waals surface area (Å²) in [5.41, 5.74) is 1.32. The van der Waals surface area contributed by atoms with Crippen LogP contribution in [0.2, 0.25) is 0 Å². The van der Waals surface area contributed by atoms with Crippen LogP contribution in [0.25, 0.3) is 0 Å². The zero-order chi connectivity index (χ0) is 26.7. The van der Waals surface area contributed by atoms with Crippen molar-refractivity contribution in [2.24, 2.45) is 0 Å². The Kier molecular flexibility index (Phi) is 9.89. The Morgan fingerprint density at radius 3 is 2.65 bits per heavy atom. The molecule has 0 aliphatic heterocycles. The number of aryl methyl sites for hydroxylation is 2. The lowest BCUT2D eigenvalue weighted by Gasteiger charge is -2.10. The molecule has 3 rings (SSSR count). The van der Waals surface area contributed by atoms with Crippen molar-refractivity contribution < 1.29 is 32.2 Å². The molecule has 0 atom stereocenters. The molecule has 1 aromatic carbocycles. The van der Waals surface area contributed by atoms with Gasteiger partial charge in [-0.3, -0.25) is 14.3 Å². The summed E-state index contributed by atoms with van der Waals surface area (Å²) >= 11 is 0. The van der Waals surface area contributed by atoms with Crippen molar-refractivity contribution >= 4 is 17.6 Å². The lowest BCUT2D eigenvalue weighted by atomic mass is 10.1. The summed E-state index contributed by atoms with van der Waals surface area (Å²) < 4.78 is 47.4. The fraction of sp³-hybridized carbons (Fsp3) is 0.391. The van der Waals surface area contributed by atoms with E-state index in [1.165, 1.54) is 12.1 Å². The van der Waals surface area contributed by atoms with Crippen molar-refractivity contribution in [1.29, 1.82) is 0 Å². The molecule has 37 heavy (non-hydrogen) atoms. The van der Waals surface area contributed by atoms with Crippen LogP contribution < -0.4 is 15.4 Å². The normalized spacial score (nSPS) is 11.2. The van der Waals surface area contributed by atoms with Crippen molar-refractivity contribution in [1.82, 2.24) is 30.5 Å². The van der Waals surface area contributed by atoms with Crippen LogP contribution >= 0.6 is 0 Å². The van der Waals surface area contributed by atoms with Gasteiger partial charge in [0.05, 0.1) is 24.9 Å². The van der Waals surface area contributed by atoms with E-state index in [0.29, 0.717) is 31.7 Å². The number of hydrogen-bond acceptors (Lipinski definition) is 8. The number of alkyl halides is 3. The maximum atomic E-state index is 12.4. The van der Waals surface area contributed by atoms with Gasteiger partial charge in [-0.2, -0.15) is 5.10 Å². The van der Waals surface area contributed by atoms with E-state index < -0.39 is 18.0 Å². The van der Waals surface area contributed by atoms with Crippen molar-refractivity contribution in [3.05, 3.63) is 59.5 Å². The van der Waals surface area contributed by atoms with Gasteiger partial charge in [0.25, 0.3) is 5.91 Å². The number of benzene rings is 1. The van der Waals surface area contributed by atoms with Gasteiger partial charge in [-0.15, -0.1) is 23.4 Å². The first-order chi connectivity index (χ1) is 17.7. The van der Waals surface area contributed by atoms with Crippen LogP contribution in [0.5, 0.6) is 5.75 Å². The molecular formula is C23H26F3N7O4. The number of nitrogens with one attached hydrogen (secondary N) is 2. The maximum Gasteiger partial charge on any atom is 0.573 e. The zero-order valence-corrected chi connectivity index (χ0v) is 20.0. The van der Waals surface area contributed by atoms with E-state index >= 15 is 0 Å². The quantitative estimate of drug-likeness (QED) is 0.328. The van der Waals surface area contributed by atoms with Gasteiger partial charge in [-0.25, -0.2) is 0 Å². The number of hydrogen-bond donors (Lipinski definition) is 2. The van der Waals surface area contributed by atoms with Crippen molar-refractivity contribution in [2.45, 2.75) is 38.6 Å². The third-order valence-corrected chi connectivity index (χ3v) is 4.92. The molecule has 0 spiro atoms. The van der Waals surface area contributed by atoms with Gasteiger partial charge in [0.1, 0.15) is 5.75 Å². The van der Waals surface area contributed by atoms with E-state index in [1.807, 2.05) is 0 Å². The molecule has 198 valence electrons. The van der Waals surface area contributed by atoms with Crippen LogP contribution in [-0.4, -0.2) is 63.6 Å². The second-order valence-corrected chi connectivity index (χ2v) is 7.90. The highest BCUT2D eigenvalue weighted by Crippen LogP contribution is 2.23. The highest BCUT2D eigenvalue weighted by Gasteiger charge is 2.31. The average Bonchev–Trinajstić information content (AvgIpc) is 3.31. The zero-order valence-electron chi connectivity index (χ0n) is 20.0. The Balaban J connectivity index is 1.38. The van der Waals surface area contributed by atoms with Gasteiger partial charge < -0.3 is 20.1 Å². The SMILES string of the molecule is COCCNC(=O)c1cn(CCCCc2ccc(NC(=O)Cc3cccc(OC(F)(F)F)c3)nn2)nn1. The molecule has 0 fully saturated rings. The highest BCUT2D eigenvalue weighted by atomic mass is 19.4. The first-order valence-corrected chi connectivity index (χ1v) is 11.4. The molecule has 0 unspecified atom stereocenters. The molecule has 2 amide bonds. The molecule has 2 aromatic heterocycles. The Labute approximate surface area is 210 Å². The average molecular weight is 522 g/mol. The fourth-order valence-electron chi connectivity index (χ4n) is 3.23. The second-order valence-electron chi connectivity index (χ2n) is 7.90. The molecule has 0 saturated carbocycles. The summed E-state index contributed by atoms with van der Waals surface area (Å²) in [6, 6.07) is 8.55. The molecule has 11 nitrogen and oxygen atoms in total. The van der Waals surface area contributed by atoms with E-state index in [4.69, 9.17) is 4.74 Å². The molecular weight excluding hydrogens is 495 g/mol. The summed E-state index contributed by atoms with van der Waals surface area (Å²) in [4.78, 5) is 24.2. The highest BCUT2D eigenvalue weighted by molar-refractivity contribution is 5.92. The summed E-state index contributed by atoms with van der Waals surface area (Å²) in [5, 5.41) is 21.1. The standard InChI is InChI=1S/C23H26F3N7O4/c1-36-12-10-27-22(35)19-15-33(32-30-19)11-3-2-6-17-8-9-20(31-29-17)28-21(34)14-16-5-4-7-18(13-16)37-23(24,25)26/h4-5,7-9,13,15H,2-3,6,10-12,14H2,1H3,(H,27,35)(H,28,31,34). The molecule has 0 bridgehead atoms. The molecule has 0 aliphatic carbocycles. The topological polar surface area (TPSA) is 133 Å². The van der Waals surface area contributed by atoms with Crippen LogP contribution in [0.3, 0.4) is 0 Å². The first-order valence-electron chi connectivity index (χ1n) is 11.4. The minimum absolute atomic E-state index is 0.155. The van der Waals surface area contributed by atoms with Crippen LogP contribution in [0.15, 0.2) is 42.6 Å². The van der Waals surface area contributed by atoms with Gasteiger partial charge in [-0.1, -0.05) is 17.3 Å². The Morgan fingerprint density at radius 1 is 1.08 bits per heavy atom. The number of carbonyl (C=O) groups excluding carboxylic acids is 2. The summed E-state index contributed by atoms with van der Waals surface area (Å²) in [7, 11) is 1.55. The van der Waals surface area contributed by atoms with Crippen molar-refractivity contribution in [3.8, 4) is 5.75 Å². The number of nitrogens with zero attached hydrogens (tertiary/aromatic N) is 5. The van der Waals surface area contributed by atoms with Crippen molar-refractivity contribution in [2.75, 3.05) is 25.6 Å². The van der Waals surface area contributed by atoms with E-state index in [2.05, 4.69) is 35.9 Å². The van der Waals surface area contributed by atoms with Gasteiger partial charge in [-0.05, 0) is 49.1 Å². The minimum atomic E-state index is -4.81. The number of methoxy groups -OCH3 is 1. The molecule has 2 N–H and O–H groups in total. The van der Waals surface area contributed by atoms with Gasteiger partial charge in [0, 0.05) is 20.2 Å². The number of halogens is 3. The summed E-state index contributed by atoms with van der Waals surface area (Å²) in [6.07, 6.45) is -1.18. The molecule has 0 aliphatic rings. The predicted molar refractivity (Wildman–Crippen MR) is 125 cm³/mol.